The maximum Gasteiger partial charge on any atom is 0.465 e. The van der Waals surface area contributed by atoms with E-state index in [1.165, 1.54) is 0 Å². The van der Waals surface area contributed by atoms with Crippen molar-refractivity contribution >= 4 is 16.1 Å². The van der Waals surface area contributed by atoms with E-state index in [-0.39, 0.29) is 31.0 Å². The summed E-state index contributed by atoms with van der Waals surface area (Å²) in [6.45, 7) is -0.735. The normalized spacial score (nSPS) is 27.4. The first-order valence-electron chi connectivity index (χ1n) is 6.35. The Morgan fingerprint density at radius 3 is 1.90 bits per heavy atom. The largest absolute Gasteiger partial charge is 0.465 e. The van der Waals surface area contributed by atoms with Gasteiger partial charge in [0, 0.05) is 13.2 Å². The minimum Gasteiger partial charge on any atom is -0.460 e. The zero-order valence-corrected chi connectivity index (χ0v) is 11.9. The van der Waals surface area contributed by atoms with Crippen LogP contribution in [0, 0.1) is 17.8 Å². The molecule has 3 N–H and O–H groups in total. The van der Waals surface area contributed by atoms with Crippen molar-refractivity contribution in [2.45, 2.75) is 24.5 Å². The average Bonchev–Trinajstić information content (AvgIpc) is 2.42. The third-order valence-corrected chi connectivity index (χ3v) is 4.34. The number of carbonyl (C=O) groups excluding carboxylic acids is 1. The number of carbonyl (C=O) groups is 1. The highest BCUT2D eigenvalue weighted by molar-refractivity contribution is 7.87. The number of halogens is 2. The second-order valence-corrected chi connectivity index (χ2v) is 6.72. The zero-order valence-electron chi connectivity index (χ0n) is 11.1. The van der Waals surface area contributed by atoms with E-state index < -0.39 is 27.9 Å². The third kappa shape index (κ3) is 4.56. The van der Waals surface area contributed by atoms with Crippen LogP contribution in [0.4, 0.5) is 8.78 Å². The second-order valence-electron chi connectivity index (χ2n) is 5.26. The van der Waals surface area contributed by atoms with Gasteiger partial charge in [-0.25, -0.2) is 4.79 Å². The minimum atomic E-state index is -5.87. The van der Waals surface area contributed by atoms with Gasteiger partial charge in [0.25, 0.3) is 0 Å². The maximum atomic E-state index is 13.0. The average molecular weight is 332 g/mol. The number of esters is 1. The summed E-state index contributed by atoms with van der Waals surface area (Å²) in [5, 5.41) is 13.2. The van der Waals surface area contributed by atoms with Gasteiger partial charge in [0.2, 0.25) is 0 Å². The predicted octanol–water partition coefficient (Wildman–Crippen LogP) is 0.0273. The van der Waals surface area contributed by atoms with Gasteiger partial charge in [0.05, 0.1) is 6.61 Å². The SMILES string of the molecule is O=C(OCC1CC(CO)CC(CO)C1)C(F)(F)S(=O)(=O)O. The van der Waals surface area contributed by atoms with Gasteiger partial charge >= 0.3 is 21.3 Å². The lowest BCUT2D eigenvalue weighted by Gasteiger charge is -2.33. The number of rotatable bonds is 6. The Morgan fingerprint density at radius 1 is 1.10 bits per heavy atom. The molecule has 21 heavy (non-hydrogen) atoms. The van der Waals surface area contributed by atoms with Gasteiger partial charge in [-0.3, -0.25) is 4.55 Å². The van der Waals surface area contributed by atoms with Crippen molar-refractivity contribution in [2.24, 2.45) is 17.8 Å². The molecule has 1 rings (SSSR count). The summed E-state index contributed by atoms with van der Waals surface area (Å²) in [5.41, 5.74) is 0. The molecule has 0 aliphatic heterocycles. The molecule has 10 heteroatoms. The number of alkyl halides is 2. The van der Waals surface area contributed by atoms with Gasteiger partial charge < -0.3 is 14.9 Å². The van der Waals surface area contributed by atoms with E-state index in [2.05, 4.69) is 4.74 Å². The van der Waals surface area contributed by atoms with Crippen molar-refractivity contribution in [3.63, 3.8) is 0 Å². The zero-order chi connectivity index (χ0) is 16.3. The summed E-state index contributed by atoms with van der Waals surface area (Å²) < 4.78 is 59.2. The molecule has 1 saturated carbocycles. The van der Waals surface area contributed by atoms with Gasteiger partial charge in [-0.2, -0.15) is 17.2 Å². The molecule has 1 aliphatic rings. The summed E-state index contributed by atoms with van der Waals surface area (Å²) in [5.74, 6) is -2.98. The van der Waals surface area contributed by atoms with Crippen molar-refractivity contribution in [1.82, 2.24) is 0 Å². The van der Waals surface area contributed by atoms with E-state index in [1.54, 1.807) is 0 Å². The fraction of sp³-hybridized carbons (Fsp3) is 0.909. The molecule has 0 aromatic rings. The van der Waals surface area contributed by atoms with Crippen molar-refractivity contribution in [2.75, 3.05) is 19.8 Å². The monoisotopic (exact) mass is 332 g/mol. The van der Waals surface area contributed by atoms with Crippen LogP contribution in [-0.4, -0.2) is 54.2 Å². The first-order chi connectivity index (χ1) is 9.61. The Kier molecular flexibility index (Phi) is 6.02. The Bertz CT molecular complexity index is 453. The molecule has 1 aliphatic carbocycles. The lowest BCUT2D eigenvalue weighted by molar-refractivity contribution is -0.163. The summed E-state index contributed by atoms with van der Waals surface area (Å²) >= 11 is 0. The van der Waals surface area contributed by atoms with E-state index in [1.807, 2.05) is 0 Å². The Balaban J connectivity index is 2.60. The van der Waals surface area contributed by atoms with Crippen LogP contribution in [0.2, 0.25) is 0 Å². The van der Waals surface area contributed by atoms with E-state index in [0.29, 0.717) is 19.3 Å². The third-order valence-electron chi connectivity index (χ3n) is 3.53. The van der Waals surface area contributed by atoms with Crippen LogP contribution in [0.25, 0.3) is 0 Å². The van der Waals surface area contributed by atoms with Crippen LogP contribution < -0.4 is 0 Å². The molecule has 0 bridgehead atoms. The van der Waals surface area contributed by atoms with E-state index in [0.717, 1.165) is 0 Å². The molecule has 2 atom stereocenters. The molecular weight excluding hydrogens is 314 g/mol. The van der Waals surface area contributed by atoms with Crippen LogP contribution in [0.15, 0.2) is 0 Å². The predicted molar refractivity (Wildman–Crippen MR) is 65.9 cm³/mol. The summed E-state index contributed by atoms with van der Waals surface area (Å²) in [4.78, 5) is 11.0. The fourth-order valence-corrected chi connectivity index (χ4v) is 2.79. The number of aliphatic hydroxyl groups excluding tert-OH is 2. The van der Waals surface area contributed by atoms with Crippen LogP contribution in [-0.2, 0) is 19.6 Å². The molecule has 0 aromatic heterocycles. The summed E-state index contributed by atoms with van der Waals surface area (Å²) in [6, 6.07) is 0. The lowest BCUT2D eigenvalue weighted by atomic mass is 9.76. The first-order valence-corrected chi connectivity index (χ1v) is 7.79. The van der Waals surface area contributed by atoms with Gasteiger partial charge in [0.15, 0.2) is 0 Å². The van der Waals surface area contributed by atoms with E-state index in [9.17, 15) is 22.0 Å². The Morgan fingerprint density at radius 2 is 1.52 bits per heavy atom. The van der Waals surface area contributed by atoms with Crippen molar-refractivity contribution in [3.05, 3.63) is 0 Å². The van der Waals surface area contributed by atoms with Gasteiger partial charge in [-0.05, 0) is 37.0 Å². The fourth-order valence-electron chi connectivity index (χ4n) is 2.52. The van der Waals surface area contributed by atoms with E-state index >= 15 is 0 Å². The highest BCUT2D eigenvalue weighted by Gasteiger charge is 2.54. The van der Waals surface area contributed by atoms with Gasteiger partial charge in [0.1, 0.15) is 0 Å². The number of hydrogen-bond donors (Lipinski definition) is 3. The molecule has 0 amide bonds. The summed E-state index contributed by atoms with van der Waals surface area (Å²) in [6.07, 6.45) is 1.41. The molecule has 124 valence electrons. The first kappa shape index (κ1) is 18.2. The van der Waals surface area contributed by atoms with Crippen molar-refractivity contribution in [1.29, 1.82) is 0 Å². The molecule has 0 heterocycles. The molecular formula is C11H18F2O7S. The molecule has 7 nitrogen and oxygen atoms in total. The van der Waals surface area contributed by atoms with Crippen LogP contribution in [0.5, 0.6) is 0 Å². The van der Waals surface area contributed by atoms with Crippen molar-refractivity contribution < 1.29 is 41.5 Å². The number of ether oxygens (including phenoxy) is 1. The molecule has 0 saturated heterocycles. The Labute approximate surface area is 120 Å². The highest BCUT2D eigenvalue weighted by Crippen LogP contribution is 2.33. The van der Waals surface area contributed by atoms with Crippen LogP contribution in [0.1, 0.15) is 19.3 Å². The minimum absolute atomic E-state index is 0.137. The Hall–Kier alpha value is -0.840. The standard InChI is InChI=1S/C11H18F2O7S/c12-11(13,21(17,18)19)10(16)20-6-9-2-7(4-14)1-8(3-9)5-15/h7-9,14-15H,1-6H2,(H,17,18,19). The molecule has 1 fully saturated rings. The quantitative estimate of drug-likeness (QED) is 0.463. The number of aliphatic hydroxyl groups is 2. The molecule has 2 unspecified atom stereocenters. The number of hydrogen-bond acceptors (Lipinski definition) is 6. The van der Waals surface area contributed by atoms with Crippen molar-refractivity contribution in [3.8, 4) is 0 Å². The second kappa shape index (κ2) is 6.95. The van der Waals surface area contributed by atoms with Gasteiger partial charge in [-0.15, -0.1) is 0 Å². The highest BCUT2D eigenvalue weighted by atomic mass is 32.2. The van der Waals surface area contributed by atoms with Crippen LogP contribution in [0.3, 0.4) is 0 Å². The lowest BCUT2D eigenvalue weighted by Crippen LogP contribution is -2.40. The summed E-state index contributed by atoms with van der Waals surface area (Å²) in [7, 11) is -5.87. The molecule has 0 spiro atoms. The maximum absolute atomic E-state index is 13.0. The topological polar surface area (TPSA) is 121 Å². The molecule has 0 aromatic carbocycles. The van der Waals surface area contributed by atoms with Crippen LogP contribution >= 0.6 is 0 Å². The molecule has 0 radical (unpaired) electrons. The van der Waals surface area contributed by atoms with Gasteiger partial charge in [-0.1, -0.05) is 0 Å². The van der Waals surface area contributed by atoms with E-state index in [4.69, 9.17) is 14.8 Å². The smallest absolute Gasteiger partial charge is 0.460 e.